The standard InChI is InChI=1S/C17H12N2S/c18-11-17-15(6-3-9-19-17)12-20-16-8-7-13-4-1-2-5-14(13)10-16/h1-10H,12H2. The van der Waals surface area contributed by atoms with Gasteiger partial charge in [0.2, 0.25) is 0 Å². The van der Waals surface area contributed by atoms with Gasteiger partial charge >= 0.3 is 0 Å². The molecule has 1 aromatic heterocycles. The molecule has 3 rings (SSSR count). The van der Waals surface area contributed by atoms with Gasteiger partial charge in [0.25, 0.3) is 0 Å². The number of rotatable bonds is 3. The first kappa shape index (κ1) is 12.7. The van der Waals surface area contributed by atoms with Crippen molar-refractivity contribution in [2.75, 3.05) is 0 Å². The predicted molar refractivity (Wildman–Crippen MR) is 82.5 cm³/mol. The second kappa shape index (κ2) is 5.77. The van der Waals surface area contributed by atoms with Gasteiger partial charge in [0.15, 0.2) is 0 Å². The molecule has 0 aliphatic heterocycles. The first-order chi connectivity index (χ1) is 9.86. The number of nitriles is 1. The van der Waals surface area contributed by atoms with Crippen molar-refractivity contribution in [1.29, 1.82) is 5.26 Å². The monoisotopic (exact) mass is 276 g/mol. The van der Waals surface area contributed by atoms with Crippen molar-refractivity contribution in [2.24, 2.45) is 0 Å². The minimum absolute atomic E-state index is 0.515. The third-order valence-corrected chi connectivity index (χ3v) is 4.16. The smallest absolute Gasteiger partial charge is 0.144 e. The van der Waals surface area contributed by atoms with Crippen molar-refractivity contribution in [2.45, 2.75) is 10.6 Å². The lowest BCUT2D eigenvalue weighted by atomic mass is 10.1. The Morgan fingerprint density at radius 1 is 1.00 bits per heavy atom. The zero-order chi connectivity index (χ0) is 13.8. The number of fused-ring (bicyclic) bond motifs is 1. The van der Waals surface area contributed by atoms with E-state index in [0.717, 1.165) is 11.3 Å². The summed E-state index contributed by atoms with van der Waals surface area (Å²) in [4.78, 5) is 5.29. The molecule has 0 amide bonds. The van der Waals surface area contributed by atoms with Gasteiger partial charge in [0.05, 0.1) is 0 Å². The first-order valence-electron chi connectivity index (χ1n) is 6.32. The molecule has 0 bridgehead atoms. The van der Waals surface area contributed by atoms with Crippen LogP contribution in [0.25, 0.3) is 10.8 Å². The number of thioether (sulfide) groups is 1. The van der Waals surface area contributed by atoms with Crippen LogP contribution in [0.3, 0.4) is 0 Å². The molecule has 20 heavy (non-hydrogen) atoms. The highest BCUT2D eigenvalue weighted by Crippen LogP contribution is 2.27. The molecule has 2 nitrogen and oxygen atoms in total. The molecule has 0 unspecified atom stereocenters. The Morgan fingerprint density at radius 3 is 2.70 bits per heavy atom. The van der Waals surface area contributed by atoms with E-state index in [0.29, 0.717) is 5.69 Å². The lowest BCUT2D eigenvalue weighted by Gasteiger charge is -2.05. The second-order valence-electron chi connectivity index (χ2n) is 4.42. The minimum atomic E-state index is 0.515. The summed E-state index contributed by atoms with van der Waals surface area (Å²) >= 11 is 1.73. The molecule has 0 N–H and O–H groups in total. The van der Waals surface area contributed by atoms with Crippen LogP contribution < -0.4 is 0 Å². The lowest BCUT2D eigenvalue weighted by Crippen LogP contribution is -1.90. The molecule has 96 valence electrons. The molecule has 0 aliphatic rings. The molecule has 0 aliphatic carbocycles. The third kappa shape index (κ3) is 2.66. The summed E-state index contributed by atoms with van der Waals surface area (Å²) in [5.41, 5.74) is 1.49. The molecule has 0 saturated carbocycles. The molecule has 1 heterocycles. The molecule has 0 atom stereocenters. The summed E-state index contributed by atoms with van der Waals surface area (Å²) in [6.45, 7) is 0. The highest BCUT2D eigenvalue weighted by Gasteiger charge is 2.03. The van der Waals surface area contributed by atoms with Gasteiger partial charge in [-0.3, -0.25) is 0 Å². The van der Waals surface area contributed by atoms with E-state index in [1.807, 2.05) is 24.3 Å². The van der Waals surface area contributed by atoms with E-state index in [2.05, 4.69) is 41.4 Å². The lowest BCUT2D eigenvalue weighted by molar-refractivity contribution is 1.20. The Kier molecular flexibility index (Phi) is 3.67. The van der Waals surface area contributed by atoms with Crippen LogP contribution in [0.15, 0.2) is 65.7 Å². The van der Waals surface area contributed by atoms with Gasteiger partial charge in [0.1, 0.15) is 11.8 Å². The maximum atomic E-state index is 9.04. The van der Waals surface area contributed by atoms with E-state index in [4.69, 9.17) is 5.26 Å². The summed E-state index contributed by atoms with van der Waals surface area (Å²) in [6.07, 6.45) is 1.66. The van der Waals surface area contributed by atoms with Crippen molar-refractivity contribution in [3.05, 3.63) is 72.1 Å². The van der Waals surface area contributed by atoms with E-state index in [-0.39, 0.29) is 0 Å². The molecule has 0 radical (unpaired) electrons. The van der Waals surface area contributed by atoms with Gasteiger partial charge in [-0.25, -0.2) is 4.98 Å². The Hall–Kier alpha value is -2.31. The third-order valence-electron chi connectivity index (χ3n) is 3.11. The zero-order valence-corrected chi connectivity index (χ0v) is 11.6. The number of hydrogen-bond acceptors (Lipinski definition) is 3. The molecular formula is C17H12N2S. The molecular weight excluding hydrogens is 264 g/mol. The van der Waals surface area contributed by atoms with Gasteiger partial charge in [0, 0.05) is 16.8 Å². The maximum Gasteiger partial charge on any atom is 0.144 e. The van der Waals surface area contributed by atoms with Crippen LogP contribution in [0.1, 0.15) is 11.3 Å². The molecule has 3 aromatic rings. The number of pyridine rings is 1. The van der Waals surface area contributed by atoms with E-state index >= 15 is 0 Å². The van der Waals surface area contributed by atoms with Gasteiger partial charge in [-0.05, 0) is 34.5 Å². The van der Waals surface area contributed by atoms with Crippen molar-refractivity contribution in [3.8, 4) is 6.07 Å². The van der Waals surface area contributed by atoms with Crippen LogP contribution in [-0.2, 0) is 5.75 Å². The van der Waals surface area contributed by atoms with E-state index in [9.17, 15) is 0 Å². The first-order valence-corrected chi connectivity index (χ1v) is 7.31. The topological polar surface area (TPSA) is 36.7 Å². The average Bonchev–Trinajstić information content (AvgIpc) is 2.53. The van der Waals surface area contributed by atoms with E-state index in [1.165, 1.54) is 15.7 Å². The van der Waals surface area contributed by atoms with Crippen molar-refractivity contribution < 1.29 is 0 Å². The summed E-state index contributed by atoms with van der Waals surface area (Å²) in [7, 11) is 0. The Morgan fingerprint density at radius 2 is 1.85 bits per heavy atom. The van der Waals surface area contributed by atoms with Gasteiger partial charge < -0.3 is 0 Å². The fraction of sp³-hybridized carbons (Fsp3) is 0.0588. The summed E-state index contributed by atoms with van der Waals surface area (Å²) in [5, 5.41) is 11.5. The number of hydrogen-bond donors (Lipinski definition) is 0. The fourth-order valence-corrected chi connectivity index (χ4v) is 3.00. The predicted octanol–water partition coefficient (Wildman–Crippen LogP) is 4.40. The highest BCUT2D eigenvalue weighted by atomic mass is 32.2. The number of aromatic nitrogens is 1. The minimum Gasteiger partial charge on any atom is -0.245 e. The van der Waals surface area contributed by atoms with Crippen molar-refractivity contribution >= 4 is 22.5 Å². The average molecular weight is 276 g/mol. The molecule has 2 aromatic carbocycles. The summed E-state index contributed by atoms with van der Waals surface area (Å²) in [6, 6.07) is 20.7. The van der Waals surface area contributed by atoms with Crippen molar-refractivity contribution in [1.82, 2.24) is 4.98 Å². The largest absolute Gasteiger partial charge is 0.245 e. The Balaban J connectivity index is 1.82. The summed E-state index contributed by atoms with van der Waals surface area (Å²) < 4.78 is 0. The molecule has 0 saturated heterocycles. The highest BCUT2D eigenvalue weighted by molar-refractivity contribution is 7.98. The van der Waals surface area contributed by atoms with Crippen LogP contribution in [0, 0.1) is 11.3 Å². The van der Waals surface area contributed by atoms with E-state index in [1.54, 1.807) is 18.0 Å². The van der Waals surface area contributed by atoms with E-state index < -0.39 is 0 Å². The van der Waals surface area contributed by atoms with Crippen molar-refractivity contribution in [3.63, 3.8) is 0 Å². The second-order valence-corrected chi connectivity index (χ2v) is 5.47. The SMILES string of the molecule is N#Cc1ncccc1CSc1ccc2ccccc2c1. The normalized spacial score (nSPS) is 10.3. The van der Waals surface area contributed by atoms with Crippen LogP contribution in [0.2, 0.25) is 0 Å². The fourth-order valence-electron chi connectivity index (χ4n) is 2.07. The van der Waals surface area contributed by atoms with Gasteiger partial charge in [-0.15, -0.1) is 11.8 Å². The van der Waals surface area contributed by atoms with Crippen LogP contribution >= 0.6 is 11.8 Å². The molecule has 0 spiro atoms. The van der Waals surface area contributed by atoms with Gasteiger partial charge in [-0.2, -0.15) is 5.26 Å². The Bertz CT molecular complexity index is 790. The summed E-state index contributed by atoms with van der Waals surface area (Å²) in [5.74, 6) is 0.759. The van der Waals surface area contributed by atoms with Gasteiger partial charge in [-0.1, -0.05) is 36.4 Å². The zero-order valence-electron chi connectivity index (χ0n) is 10.8. The Labute approximate surface area is 122 Å². The van der Waals surface area contributed by atoms with Crippen LogP contribution in [0.4, 0.5) is 0 Å². The number of benzene rings is 2. The molecule has 0 fully saturated rings. The number of nitrogens with zero attached hydrogens (tertiary/aromatic N) is 2. The molecule has 3 heteroatoms. The van der Waals surface area contributed by atoms with Crippen LogP contribution in [0.5, 0.6) is 0 Å². The maximum absolute atomic E-state index is 9.04. The quantitative estimate of drug-likeness (QED) is 0.665. The van der Waals surface area contributed by atoms with Crippen LogP contribution in [-0.4, -0.2) is 4.98 Å².